The minimum Gasteiger partial charge on any atom is -0.497 e. The fourth-order valence-corrected chi connectivity index (χ4v) is 3.37. The molecule has 0 radical (unpaired) electrons. The van der Waals surface area contributed by atoms with Gasteiger partial charge in [-0.15, -0.1) is 0 Å². The average molecular weight is 351 g/mol. The summed E-state index contributed by atoms with van der Waals surface area (Å²) in [4.78, 5) is 31.1. The maximum absolute atomic E-state index is 13.0. The van der Waals surface area contributed by atoms with Crippen molar-refractivity contribution in [3.05, 3.63) is 54.4 Å². The van der Waals surface area contributed by atoms with Crippen molar-refractivity contribution in [2.24, 2.45) is 0 Å². The lowest BCUT2D eigenvalue weighted by molar-refractivity contribution is -0.122. The first-order valence-electron chi connectivity index (χ1n) is 8.21. The number of hydrogen-bond donors (Lipinski definition) is 1. The lowest BCUT2D eigenvalue weighted by Crippen LogP contribution is -2.31. The van der Waals surface area contributed by atoms with Gasteiger partial charge in [0.15, 0.2) is 0 Å². The number of aliphatic hydroxyl groups is 1. The van der Waals surface area contributed by atoms with Gasteiger partial charge < -0.3 is 14.4 Å². The number of aliphatic hydroxyl groups excluding tert-OH is 1. The molecule has 2 amide bonds. The second-order valence-electron chi connectivity index (χ2n) is 6.03. The summed E-state index contributed by atoms with van der Waals surface area (Å²) >= 11 is 0. The Labute approximate surface area is 149 Å². The van der Waals surface area contributed by atoms with E-state index in [0.717, 1.165) is 5.52 Å². The summed E-state index contributed by atoms with van der Waals surface area (Å²) < 4.78 is 6.78. The number of para-hydroxylation sites is 2. The fraction of sp³-hybridized carbons (Fsp3) is 0.211. The Hall–Kier alpha value is -3.19. The van der Waals surface area contributed by atoms with Crippen LogP contribution in [0.4, 0.5) is 5.69 Å². The number of carbonyl (C=O) groups excluding carboxylic acids is 2. The minimum absolute atomic E-state index is 0.0260. The first kappa shape index (κ1) is 16.3. The Bertz CT molecular complexity index is 994. The molecule has 1 fully saturated rings. The van der Waals surface area contributed by atoms with Crippen LogP contribution in [-0.4, -0.2) is 33.6 Å². The summed E-state index contributed by atoms with van der Waals surface area (Å²) in [7, 11) is 1.55. The van der Waals surface area contributed by atoms with Crippen molar-refractivity contribution >= 4 is 28.5 Å². The van der Waals surface area contributed by atoms with Gasteiger partial charge in [0.25, 0.3) is 5.91 Å². The van der Waals surface area contributed by atoms with Gasteiger partial charge in [-0.3, -0.25) is 9.59 Å². The van der Waals surface area contributed by atoms with Gasteiger partial charge in [0, 0.05) is 0 Å². The van der Waals surface area contributed by atoms with Gasteiger partial charge in [-0.05, 0) is 36.4 Å². The molecule has 1 aliphatic heterocycles. The molecule has 2 aromatic carbocycles. The summed E-state index contributed by atoms with van der Waals surface area (Å²) in [6, 6.07) is 13.4. The van der Waals surface area contributed by atoms with Crippen molar-refractivity contribution in [3.63, 3.8) is 0 Å². The third-order valence-electron chi connectivity index (χ3n) is 4.58. The molecular formula is C19H17N3O4. The van der Waals surface area contributed by atoms with Gasteiger partial charge in [0.05, 0.1) is 30.3 Å². The van der Waals surface area contributed by atoms with Crippen LogP contribution in [-0.2, 0) is 16.2 Å². The molecule has 132 valence electrons. The molecule has 4 rings (SSSR count). The van der Waals surface area contributed by atoms with E-state index in [-0.39, 0.29) is 24.8 Å². The number of benzene rings is 2. The van der Waals surface area contributed by atoms with Gasteiger partial charge in [0.1, 0.15) is 24.2 Å². The van der Waals surface area contributed by atoms with E-state index in [1.165, 1.54) is 4.90 Å². The number of fused-ring (bicyclic) bond motifs is 1. The van der Waals surface area contributed by atoms with Crippen LogP contribution < -0.4 is 9.64 Å². The largest absolute Gasteiger partial charge is 0.497 e. The Morgan fingerprint density at radius 2 is 1.88 bits per heavy atom. The number of methoxy groups -OCH3 is 1. The van der Waals surface area contributed by atoms with Gasteiger partial charge >= 0.3 is 0 Å². The molecule has 1 saturated heterocycles. The highest BCUT2D eigenvalue weighted by Crippen LogP contribution is 2.33. The molecule has 0 spiro atoms. The molecule has 1 aliphatic rings. The zero-order valence-electron chi connectivity index (χ0n) is 14.1. The third kappa shape index (κ3) is 2.44. The van der Waals surface area contributed by atoms with Gasteiger partial charge in [-0.25, -0.2) is 9.88 Å². The van der Waals surface area contributed by atoms with E-state index in [0.29, 0.717) is 22.8 Å². The van der Waals surface area contributed by atoms with Crippen LogP contribution in [0, 0.1) is 0 Å². The zero-order chi connectivity index (χ0) is 18.3. The third-order valence-corrected chi connectivity index (χ3v) is 4.58. The highest BCUT2D eigenvalue weighted by atomic mass is 16.5. The lowest BCUT2D eigenvalue weighted by Gasteiger charge is -2.17. The van der Waals surface area contributed by atoms with Crippen LogP contribution in [0.15, 0.2) is 48.5 Å². The summed E-state index contributed by atoms with van der Waals surface area (Å²) in [5, 5.41) is 9.67. The molecule has 3 aromatic rings. The van der Waals surface area contributed by atoms with Crippen LogP contribution in [0.5, 0.6) is 5.75 Å². The topological polar surface area (TPSA) is 84.7 Å². The quantitative estimate of drug-likeness (QED) is 0.727. The van der Waals surface area contributed by atoms with Crippen molar-refractivity contribution in [2.75, 3.05) is 12.0 Å². The Balaban J connectivity index is 1.76. The molecule has 0 saturated carbocycles. The van der Waals surface area contributed by atoms with Crippen LogP contribution in [0.25, 0.3) is 11.0 Å². The van der Waals surface area contributed by atoms with Crippen molar-refractivity contribution in [1.29, 1.82) is 0 Å². The second kappa shape index (κ2) is 6.27. The molecule has 1 N–H and O–H groups in total. The molecule has 7 nitrogen and oxygen atoms in total. The standard InChI is InChI=1S/C19H17N3O4/c1-26-13-8-6-12(7-9-13)21-18(24)10-16(19(21)25)22-15-5-3-2-4-14(15)20-17(22)11-23/h2-9,16,23H,10-11H2,1H3. The summed E-state index contributed by atoms with van der Waals surface area (Å²) in [5.74, 6) is 0.395. The maximum Gasteiger partial charge on any atom is 0.257 e. The van der Waals surface area contributed by atoms with E-state index in [1.54, 1.807) is 35.9 Å². The number of ether oxygens (including phenoxy) is 1. The van der Waals surface area contributed by atoms with E-state index >= 15 is 0 Å². The number of imidazole rings is 1. The molecule has 7 heteroatoms. The van der Waals surface area contributed by atoms with Crippen molar-refractivity contribution in [2.45, 2.75) is 19.1 Å². The Kier molecular flexibility index (Phi) is 3.93. The summed E-state index contributed by atoms with van der Waals surface area (Å²) in [5.41, 5.74) is 1.90. The lowest BCUT2D eigenvalue weighted by atomic mass is 10.2. The SMILES string of the molecule is COc1ccc(N2C(=O)CC(n3c(CO)nc4ccccc43)C2=O)cc1. The van der Waals surface area contributed by atoms with Crippen molar-refractivity contribution in [1.82, 2.24) is 9.55 Å². The number of rotatable bonds is 4. The number of nitrogens with zero attached hydrogens (tertiary/aromatic N) is 3. The predicted octanol–water partition coefficient (Wildman–Crippen LogP) is 2.04. The molecule has 0 bridgehead atoms. The smallest absolute Gasteiger partial charge is 0.257 e. The number of amides is 2. The maximum atomic E-state index is 13.0. The molecule has 1 aromatic heterocycles. The summed E-state index contributed by atoms with van der Waals surface area (Å²) in [6.07, 6.45) is 0.0260. The van der Waals surface area contributed by atoms with Gasteiger partial charge in [-0.1, -0.05) is 12.1 Å². The number of imide groups is 1. The fourth-order valence-electron chi connectivity index (χ4n) is 3.37. The highest BCUT2D eigenvalue weighted by Gasteiger charge is 2.42. The highest BCUT2D eigenvalue weighted by molar-refractivity contribution is 6.22. The van der Waals surface area contributed by atoms with Crippen LogP contribution in [0.1, 0.15) is 18.3 Å². The molecular weight excluding hydrogens is 334 g/mol. The predicted molar refractivity (Wildman–Crippen MR) is 94.8 cm³/mol. The first-order chi connectivity index (χ1) is 12.6. The summed E-state index contributed by atoms with van der Waals surface area (Å²) in [6.45, 7) is -0.310. The van der Waals surface area contributed by atoms with Crippen LogP contribution in [0.3, 0.4) is 0 Å². The van der Waals surface area contributed by atoms with Gasteiger partial charge in [0.2, 0.25) is 5.91 Å². The average Bonchev–Trinajstić information content (AvgIpc) is 3.18. The number of anilines is 1. The number of aromatic nitrogens is 2. The second-order valence-corrected chi connectivity index (χ2v) is 6.03. The first-order valence-corrected chi connectivity index (χ1v) is 8.21. The van der Waals surface area contributed by atoms with Crippen molar-refractivity contribution in [3.8, 4) is 5.75 Å². The molecule has 1 atom stereocenters. The molecule has 26 heavy (non-hydrogen) atoms. The zero-order valence-corrected chi connectivity index (χ0v) is 14.1. The molecule has 0 aliphatic carbocycles. The monoisotopic (exact) mass is 351 g/mol. The van der Waals surface area contributed by atoms with E-state index < -0.39 is 6.04 Å². The van der Waals surface area contributed by atoms with E-state index in [1.807, 2.05) is 24.3 Å². The molecule has 2 heterocycles. The van der Waals surface area contributed by atoms with Crippen LogP contribution in [0.2, 0.25) is 0 Å². The molecule has 1 unspecified atom stereocenters. The normalized spacial score (nSPS) is 17.3. The van der Waals surface area contributed by atoms with Crippen LogP contribution >= 0.6 is 0 Å². The minimum atomic E-state index is -0.723. The van der Waals surface area contributed by atoms with E-state index in [2.05, 4.69) is 4.98 Å². The number of carbonyl (C=O) groups is 2. The van der Waals surface area contributed by atoms with E-state index in [4.69, 9.17) is 4.74 Å². The Morgan fingerprint density at radius 3 is 2.58 bits per heavy atom. The number of hydrogen-bond acceptors (Lipinski definition) is 5. The van der Waals surface area contributed by atoms with E-state index in [9.17, 15) is 14.7 Å². The Morgan fingerprint density at radius 1 is 1.15 bits per heavy atom. The van der Waals surface area contributed by atoms with Gasteiger partial charge in [-0.2, -0.15) is 0 Å². The van der Waals surface area contributed by atoms with Crippen molar-refractivity contribution < 1.29 is 19.4 Å².